The Morgan fingerprint density at radius 3 is 1.14 bits per heavy atom. The van der Waals surface area contributed by atoms with Gasteiger partial charge < -0.3 is 139 Å². The van der Waals surface area contributed by atoms with Gasteiger partial charge in [0.25, 0.3) is 27.8 Å². The number of aryl methyl sites for hydroxylation is 1. The molecule has 3 atom stereocenters. The van der Waals surface area contributed by atoms with E-state index in [0.29, 0.717) is 332 Å². The molecule has 1 heterocycles. The van der Waals surface area contributed by atoms with Crippen LogP contribution in [0.5, 0.6) is 5.75 Å². The summed E-state index contributed by atoms with van der Waals surface area (Å²) in [7, 11) is -2.88. The first kappa shape index (κ1) is 108. The number of imide groups is 1. The van der Waals surface area contributed by atoms with Gasteiger partial charge in [-0.25, -0.2) is 4.79 Å². The molecule has 3 unspecified atom stereocenters. The highest BCUT2D eigenvalue weighted by atomic mass is 32.2. The zero-order chi connectivity index (χ0) is 88.7. The maximum Gasteiger partial charge on any atom is 0.333 e. The normalized spacial score (nSPS) is 15.0. The van der Waals surface area contributed by atoms with E-state index in [1.807, 2.05) is 19.1 Å². The maximum absolute atomic E-state index is 13.6. The molecule has 39 nitrogen and oxygen atoms in total. The molecule has 40 heteroatoms. The summed E-state index contributed by atoms with van der Waals surface area (Å²) in [6.45, 7) is 24.4. The van der Waals surface area contributed by atoms with Gasteiger partial charge in [-0.2, -0.15) is 8.42 Å². The molecule has 1 aromatic carbocycles. The lowest BCUT2D eigenvalue weighted by atomic mass is 9.67. The van der Waals surface area contributed by atoms with E-state index in [1.54, 1.807) is 32.3 Å². The first-order chi connectivity index (χ1) is 60.7. The topological polar surface area (TPSA) is 436 Å². The lowest BCUT2D eigenvalue weighted by molar-refractivity contribution is -0.197. The van der Waals surface area contributed by atoms with Crippen molar-refractivity contribution >= 4 is 57.8 Å². The van der Waals surface area contributed by atoms with Gasteiger partial charge in [0.2, 0.25) is 11.8 Å². The van der Waals surface area contributed by atoms with E-state index in [4.69, 9.17) is 123 Å². The van der Waals surface area contributed by atoms with Crippen LogP contribution in [0.3, 0.4) is 0 Å². The van der Waals surface area contributed by atoms with E-state index in [-0.39, 0.29) is 75.8 Å². The molecule has 1 aliphatic heterocycles. The molecular formula is C84H138N4O35S. The van der Waals surface area contributed by atoms with Crippen LogP contribution >= 0.6 is 0 Å². The summed E-state index contributed by atoms with van der Waals surface area (Å²) in [4.78, 5) is 80.7. The number of hydroxylamine groups is 2. The van der Waals surface area contributed by atoms with Crippen LogP contribution in [0.15, 0.2) is 40.3 Å². The van der Waals surface area contributed by atoms with Crippen molar-refractivity contribution in [1.82, 2.24) is 21.0 Å². The minimum absolute atomic E-state index is 0.00469. The Bertz CT molecular complexity index is 3260. The van der Waals surface area contributed by atoms with E-state index >= 15 is 0 Å². The molecule has 5 amide bonds. The molecule has 4 N–H and O–H groups in total. The van der Waals surface area contributed by atoms with Gasteiger partial charge in [0.1, 0.15) is 11.8 Å². The highest BCUT2D eigenvalue weighted by Gasteiger charge is 2.42. The summed E-state index contributed by atoms with van der Waals surface area (Å²) in [6, 6.07) is 0.641. The smallest absolute Gasteiger partial charge is 0.333 e. The number of carbonyl (C=O) groups excluding carboxylic acids is 6. The maximum atomic E-state index is 13.6. The van der Waals surface area contributed by atoms with Gasteiger partial charge in [0, 0.05) is 63.3 Å². The van der Waals surface area contributed by atoms with Gasteiger partial charge in [-0.05, 0) is 73.1 Å². The van der Waals surface area contributed by atoms with Crippen molar-refractivity contribution in [2.45, 2.75) is 77.2 Å². The van der Waals surface area contributed by atoms with Crippen LogP contribution < -0.4 is 20.7 Å². The number of unbranched alkanes of at least 4 members (excludes halogenated alkanes) is 2. The van der Waals surface area contributed by atoms with E-state index < -0.39 is 64.2 Å². The van der Waals surface area contributed by atoms with Crippen molar-refractivity contribution in [3.63, 3.8) is 0 Å². The van der Waals surface area contributed by atoms with Crippen LogP contribution in [0.25, 0.3) is 12.2 Å². The minimum Gasteiger partial charge on any atom is -0.483 e. The van der Waals surface area contributed by atoms with Crippen LogP contribution in [-0.2, 0) is 157 Å². The molecule has 1 saturated heterocycles. The second-order valence-corrected chi connectivity index (χ2v) is 29.2. The fourth-order valence-electron chi connectivity index (χ4n) is 12.1. The predicted octanol–water partition coefficient (Wildman–Crippen LogP) is 2.92. The molecule has 0 aromatic heterocycles. The van der Waals surface area contributed by atoms with E-state index in [1.165, 1.54) is 6.08 Å². The summed E-state index contributed by atoms with van der Waals surface area (Å²) in [6.07, 6.45) is 10.1. The molecular weight excluding hydrogens is 1660 g/mol. The third-order valence-electron chi connectivity index (χ3n) is 18.4. The first-order valence-corrected chi connectivity index (χ1v) is 44.4. The monoisotopic (exact) mass is 1790 g/mol. The average molecular weight is 1800 g/mol. The second kappa shape index (κ2) is 72.8. The van der Waals surface area contributed by atoms with Crippen LogP contribution in [0.1, 0.15) is 86.5 Å². The molecule has 0 saturated carbocycles. The Balaban J connectivity index is 0.714. The van der Waals surface area contributed by atoms with Crippen molar-refractivity contribution < 1.29 is 165 Å². The predicted molar refractivity (Wildman–Crippen MR) is 447 cm³/mol. The number of hydrogen-bond donors (Lipinski definition) is 4. The molecule has 1 fully saturated rings. The molecule has 1 aromatic rings. The molecule has 5 rings (SSSR count). The van der Waals surface area contributed by atoms with Crippen LogP contribution in [0.4, 0.5) is 0 Å². The average Bonchev–Trinajstić information content (AvgIpc) is 0.766. The third-order valence-corrected chi connectivity index (χ3v) is 19.4. The van der Waals surface area contributed by atoms with E-state index in [2.05, 4.69) is 16.0 Å². The quantitative estimate of drug-likeness (QED) is 0.0414. The van der Waals surface area contributed by atoms with Crippen LogP contribution in [0.2, 0.25) is 0 Å². The van der Waals surface area contributed by atoms with Crippen molar-refractivity contribution in [2.24, 2.45) is 5.92 Å². The fraction of sp³-hybridized carbons (Fsp3) is 0.762. The van der Waals surface area contributed by atoms with Crippen molar-refractivity contribution in [2.75, 3.05) is 337 Å². The molecule has 3 aliphatic carbocycles. The Morgan fingerprint density at radius 1 is 0.427 bits per heavy atom. The highest BCUT2D eigenvalue weighted by Crippen LogP contribution is 2.54. The molecule has 710 valence electrons. The molecule has 0 spiro atoms. The minimum atomic E-state index is -4.52. The number of benzene rings is 1. The van der Waals surface area contributed by atoms with Gasteiger partial charge in [-0.3, -0.25) is 28.5 Å². The van der Waals surface area contributed by atoms with Gasteiger partial charge >= 0.3 is 5.97 Å². The first-order valence-electron chi connectivity index (χ1n) is 42.9. The number of allylic oxidation sites excluding steroid dienone is 6. The lowest BCUT2D eigenvalue weighted by Gasteiger charge is -2.39. The SMILES string of the molecule is COCCOCCOCCOCCOCCOCCOCCOCCOCCOCCOCCOCCOCCOCCOCCOCCOCCOCCOCCOCCOCCOCCOCCOCCNC(=O)C(CCC(=O)NCCCCCC(=O)ON1C(=O)CCC1=O)NC(=O)COc1cc(C)c2c3c1C=CC1C(S(=O)(=O)O)=CC(C)=C(C=C2)C31. The Hall–Kier alpha value is -6.05. The summed E-state index contributed by atoms with van der Waals surface area (Å²) in [5.74, 6) is -4.12. The van der Waals surface area contributed by atoms with E-state index in [0.717, 1.165) is 22.3 Å². The molecule has 0 bridgehead atoms. The summed E-state index contributed by atoms with van der Waals surface area (Å²) < 4.78 is 173. The van der Waals surface area contributed by atoms with Crippen LogP contribution in [0, 0.1) is 12.8 Å². The number of nitrogens with zero attached hydrogens (tertiary/aromatic N) is 1. The number of ether oxygens (including phenoxy) is 25. The van der Waals surface area contributed by atoms with Gasteiger partial charge in [-0.1, -0.05) is 30.7 Å². The molecule has 0 radical (unpaired) electrons. The summed E-state index contributed by atoms with van der Waals surface area (Å²) in [5, 5.41) is 8.77. The molecule has 4 aliphatic rings. The summed E-state index contributed by atoms with van der Waals surface area (Å²) >= 11 is 0. The van der Waals surface area contributed by atoms with Crippen molar-refractivity contribution in [3.8, 4) is 5.75 Å². The van der Waals surface area contributed by atoms with Crippen molar-refractivity contribution in [3.05, 3.63) is 62.6 Å². The zero-order valence-corrected chi connectivity index (χ0v) is 73.7. The Labute approximate surface area is 729 Å². The van der Waals surface area contributed by atoms with E-state index in [9.17, 15) is 41.7 Å². The van der Waals surface area contributed by atoms with Crippen molar-refractivity contribution in [1.29, 1.82) is 0 Å². The number of rotatable bonds is 88. The highest BCUT2D eigenvalue weighted by molar-refractivity contribution is 7.89. The fourth-order valence-corrected chi connectivity index (χ4v) is 13.0. The Kier molecular flexibility index (Phi) is 63.7. The largest absolute Gasteiger partial charge is 0.483 e. The van der Waals surface area contributed by atoms with Crippen LogP contribution in [-0.4, -0.2) is 397 Å². The number of methoxy groups -OCH3 is 1. The third kappa shape index (κ3) is 51.8. The lowest BCUT2D eigenvalue weighted by Crippen LogP contribution is -2.49. The number of amides is 5. The van der Waals surface area contributed by atoms with Gasteiger partial charge in [0.05, 0.1) is 315 Å². The standard InChI is InChI=1S/C84H138N4O35S/c1-68-65-75(72-10-11-73-76(124(95,96)97)66-69(2)71-9-8-70(68)82(72)83(71)73)122-67-78(90)87-74(12-13-77(89)85-16-6-4-5-7-81(93)123-88-79(91)14-15-80(88)92)84(94)86-17-18-99-21-22-101-25-26-103-29-30-105-33-34-107-37-38-109-41-42-111-45-46-113-49-50-115-53-54-117-57-58-119-61-62-121-64-63-120-60-59-118-56-55-116-52-51-114-48-47-112-44-43-110-40-39-108-36-35-106-32-31-104-28-27-102-24-23-100-20-19-98-3/h8-11,65-66,73-74,83H,4-7,12-64,67H2,1-3H3,(H,85,89)(H,86,94)(H,87,90)(H,95,96,97). The second-order valence-electron chi connectivity index (χ2n) is 27.8. The number of nitrogens with one attached hydrogen (secondary N) is 3. The number of hydrogen-bond acceptors (Lipinski definition) is 34. The summed E-state index contributed by atoms with van der Waals surface area (Å²) in [5.41, 5.74) is 4.76. The zero-order valence-electron chi connectivity index (χ0n) is 72.9. The number of carbonyl (C=O) groups is 6. The Morgan fingerprint density at radius 2 is 0.782 bits per heavy atom. The van der Waals surface area contributed by atoms with Gasteiger partial charge in [0.15, 0.2) is 6.61 Å². The molecule has 124 heavy (non-hydrogen) atoms. The van der Waals surface area contributed by atoms with Gasteiger partial charge in [-0.15, -0.1) is 5.06 Å².